The summed E-state index contributed by atoms with van der Waals surface area (Å²) in [6.45, 7) is 2.12. The number of aromatic carboxylic acids is 1. The number of esters is 1. The minimum Gasteiger partial charge on any atom is -0.545 e. The Kier molecular flexibility index (Phi) is 3.41. The van der Waals surface area contributed by atoms with Gasteiger partial charge in [0.15, 0.2) is 0 Å². The molecule has 2 aromatic rings. The number of hydrogen-bond donors (Lipinski definition) is 1. The predicted octanol–water partition coefficient (Wildman–Crippen LogP) is 1.51. The summed E-state index contributed by atoms with van der Waals surface area (Å²) in [5.41, 5.74) is 2.49. The van der Waals surface area contributed by atoms with Gasteiger partial charge in [0.25, 0.3) is 0 Å². The van der Waals surface area contributed by atoms with Crippen LogP contribution in [0, 0.1) is 0 Å². The van der Waals surface area contributed by atoms with Crippen LogP contribution in [0.25, 0.3) is 10.9 Å². The number of nitrogens with one attached hydrogen (secondary N) is 1. The molecule has 1 aromatic heterocycles. The fourth-order valence-corrected chi connectivity index (χ4v) is 3.14. The molecular formula is C16H16NO4-. The van der Waals surface area contributed by atoms with E-state index in [0.29, 0.717) is 12.1 Å². The van der Waals surface area contributed by atoms with E-state index in [9.17, 15) is 14.7 Å². The van der Waals surface area contributed by atoms with Crippen molar-refractivity contribution in [3.8, 4) is 0 Å². The van der Waals surface area contributed by atoms with Crippen molar-refractivity contribution in [2.24, 2.45) is 0 Å². The van der Waals surface area contributed by atoms with E-state index in [1.165, 1.54) is 6.07 Å². The highest BCUT2D eigenvalue weighted by Crippen LogP contribution is 2.37. The SMILES string of the molecule is CCOC(=O)[C@@H]1CCCc2c1[nH]c1c(C(=O)[O-])cccc21. The predicted molar refractivity (Wildman–Crippen MR) is 74.9 cm³/mol. The van der Waals surface area contributed by atoms with Crippen LogP contribution >= 0.6 is 0 Å². The molecule has 1 heterocycles. The number of aryl methyl sites for hydroxylation is 1. The third kappa shape index (κ3) is 2.18. The van der Waals surface area contributed by atoms with E-state index in [-0.39, 0.29) is 17.5 Å². The number of aromatic amines is 1. The van der Waals surface area contributed by atoms with E-state index in [4.69, 9.17) is 4.74 Å². The van der Waals surface area contributed by atoms with E-state index in [1.54, 1.807) is 13.0 Å². The third-order valence-electron chi connectivity index (χ3n) is 4.03. The monoisotopic (exact) mass is 286 g/mol. The number of fused-ring (bicyclic) bond motifs is 3. The van der Waals surface area contributed by atoms with Gasteiger partial charge >= 0.3 is 5.97 Å². The molecule has 1 atom stereocenters. The van der Waals surface area contributed by atoms with Crippen molar-refractivity contribution in [2.75, 3.05) is 6.61 Å². The van der Waals surface area contributed by atoms with E-state index >= 15 is 0 Å². The molecule has 110 valence electrons. The number of carboxylic acids is 1. The number of aromatic nitrogens is 1. The van der Waals surface area contributed by atoms with Crippen LogP contribution in [0.3, 0.4) is 0 Å². The topological polar surface area (TPSA) is 82.2 Å². The molecular weight excluding hydrogens is 270 g/mol. The van der Waals surface area contributed by atoms with Crippen LogP contribution in [-0.4, -0.2) is 23.5 Å². The highest BCUT2D eigenvalue weighted by atomic mass is 16.5. The normalized spacial score (nSPS) is 17.5. The second-order valence-corrected chi connectivity index (χ2v) is 5.23. The fraction of sp³-hybridized carbons (Fsp3) is 0.375. The number of carboxylic acid groups (broad SMARTS) is 1. The summed E-state index contributed by atoms with van der Waals surface area (Å²) < 4.78 is 5.12. The maximum absolute atomic E-state index is 12.1. The molecule has 0 unspecified atom stereocenters. The van der Waals surface area contributed by atoms with Gasteiger partial charge in [0, 0.05) is 16.6 Å². The smallest absolute Gasteiger partial charge is 0.314 e. The van der Waals surface area contributed by atoms with Gasteiger partial charge in [0.2, 0.25) is 0 Å². The average Bonchev–Trinajstić information content (AvgIpc) is 2.85. The molecule has 21 heavy (non-hydrogen) atoms. The standard InChI is InChI=1S/C16H17NO4/c1-2-21-16(20)12-8-4-6-10-9-5-3-7-11(15(18)19)13(9)17-14(10)12/h3,5,7,12,17H,2,4,6,8H2,1H3,(H,18,19)/p-1/t12-/m1/s1. The van der Waals surface area contributed by atoms with E-state index in [1.807, 2.05) is 6.07 Å². The summed E-state index contributed by atoms with van der Waals surface area (Å²) in [7, 11) is 0. The second kappa shape index (κ2) is 5.24. The summed E-state index contributed by atoms with van der Waals surface area (Å²) >= 11 is 0. The van der Waals surface area contributed by atoms with Gasteiger partial charge in [-0.25, -0.2) is 0 Å². The Bertz CT molecular complexity index is 716. The van der Waals surface area contributed by atoms with Crippen molar-refractivity contribution in [1.29, 1.82) is 0 Å². The molecule has 0 saturated heterocycles. The maximum atomic E-state index is 12.1. The lowest BCUT2D eigenvalue weighted by Gasteiger charge is -2.20. The van der Waals surface area contributed by atoms with Crippen molar-refractivity contribution >= 4 is 22.8 Å². The van der Waals surface area contributed by atoms with Gasteiger partial charge in [0.1, 0.15) is 0 Å². The molecule has 0 spiro atoms. The Hall–Kier alpha value is -2.30. The minimum absolute atomic E-state index is 0.129. The molecule has 0 amide bonds. The zero-order valence-corrected chi connectivity index (χ0v) is 11.8. The largest absolute Gasteiger partial charge is 0.545 e. The Labute approximate surface area is 121 Å². The molecule has 1 N–H and O–H groups in total. The van der Waals surface area contributed by atoms with Crippen LogP contribution in [0.5, 0.6) is 0 Å². The maximum Gasteiger partial charge on any atom is 0.314 e. The zero-order valence-electron chi connectivity index (χ0n) is 11.8. The summed E-state index contributed by atoms with van der Waals surface area (Å²) in [4.78, 5) is 26.4. The molecule has 0 aliphatic heterocycles. The van der Waals surface area contributed by atoms with Gasteiger partial charge in [-0.15, -0.1) is 0 Å². The molecule has 0 saturated carbocycles. The molecule has 0 bridgehead atoms. The Morgan fingerprint density at radius 3 is 2.95 bits per heavy atom. The van der Waals surface area contributed by atoms with Gasteiger partial charge in [0.05, 0.1) is 24.0 Å². The van der Waals surface area contributed by atoms with Crippen LogP contribution in [0.4, 0.5) is 0 Å². The van der Waals surface area contributed by atoms with Crippen LogP contribution < -0.4 is 5.11 Å². The summed E-state index contributed by atoms with van der Waals surface area (Å²) in [5, 5.41) is 12.1. The van der Waals surface area contributed by atoms with Crippen molar-refractivity contribution in [3.05, 3.63) is 35.0 Å². The summed E-state index contributed by atoms with van der Waals surface area (Å²) in [6, 6.07) is 5.10. The van der Waals surface area contributed by atoms with Crippen LogP contribution in [-0.2, 0) is 16.0 Å². The molecule has 1 aliphatic carbocycles. The lowest BCUT2D eigenvalue weighted by Crippen LogP contribution is -2.22. The first kappa shape index (κ1) is 13.7. The number of benzene rings is 1. The first-order valence-corrected chi connectivity index (χ1v) is 7.15. The first-order chi connectivity index (χ1) is 10.1. The number of para-hydroxylation sites is 1. The zero-order chi connectivity index (χ0) is 15.0. The molecule has 0 radical (unpaired) electrons. The van der Waals surface area contributed by atoms with Crippen LogP contribution in [0.15, 0.2) is 18.2 Å². The van der Waals surface area contributed by atoms with Crippen LogP contribution in [0.1, 0.15) is 47.3 Å². The molecule has 3 rings (SSSR count). The molecule has 0 fully saturated rings. The number of H-pyrrole nitrogens is 1. The van der Waals surface area contributed by atoms with Gasteiger partial charge in [-0.2, -0.15) is 0 Å². The first-order valence-electron chi connectivity index (χ1n) is 7.15. The molecule has 5 heteroatoms. The Balaban J connectivity index is 2.16. The summed E-state index contributed by atoms with van der Waals surface area (Å²) in [6.07, 6.45) is 2.44. The Morgan fingerprint density at radius 2 is 2.24 bits per heavy atom. The van der Waals surface area contributed by atoms with Crippen molar-refractivity contribution in [2.45, 2.75) is 32.1 Å². The van der Waals surface area contributed by atoms with E-state index in [2.05, 4.69) is 4.98 Å². The second-order valence-electron chi connectivity index (χ2n) is 5.23. The van der Waals surface area contributed by atoms with Crippen molar-refractivity contribution in [1.82, 2.24) is 4.98 Å². The van der Waals surface area contributed by atoms with E-state index in [0.717, 1.165) is 35.9 Å². The molecule has 5 nitrogen and oxygen atoms in total. The van der Waals surface area contributed by atoms with Gasteiger partial charge in [-0.1, -0.05) is 18.2 Å². The fourth-order valence-electron chi connectivity index (χ4n) is 3.14. The third-order valence-corrected chi connectivity index (χ3v) is 4.03. The van der Waals surface area contributed by atoms with E-state index < -0.39 is 5.97 Å². The highest BCUT2D eigenvalue weighted by molar-refractivity contribution is 6.03. The van der Waals surface area contributed by atoms with Gasteiger partial charge in [-0.3, -0.25) is 4.79 Å². The van der Waals surface area contributed by atoms with Crippen LogP contribution in [0.2, 0.25) is 0 Å². The summed E-state index contributed by atoms with van der Waals surface area (Å²) in [5.74, 6) is -1.80. The number of rotatable bonds is 3. The molecule has 1 aliphatic rings. The Morgan fingerprint density at radius 1 is 1.43 bits per heavy atom. The lowest BCUT2D eigenvalue weighted by molar-refractivity contribution is -0.254. The van der Waals surface area contributed by atoms with Gasteiger partial charge < -0.3 is 19.6 Å². The lowest BCUT2D eigenvalue weighted by atomic mass is 9.86. The van der Waals surface area contributed by atoms with Crippen molar-refractivity contribution < 1.29 is 19.4 Å². The number of carbonyl (C=O) groups is 2. The number of hydrogen-bond acceptors (Lipinski definition) is 4. The minimum atomic E-state index is -1.22. The number of ether oxygens (including phenoxy) is 1. The average molecular weight is 286 g/mol. The molecule has 1 aromatic carbocycles. The van der Waals surface area contributed by atoms with Crippen molar-refractivity contribution in [3.63, 3.8) is 0 Å². The van der Waals surface area contributed by atoms with Gasteiger partial charge in [-0.05, 0) is 31.7 Å². The number of carbonyl (C=O) groups excluding carboxylic acids is 2. The highest BCUT2D eigenvalue weighted by Gasteiger charge is 2.30. The quantitative estimate of drug-likeness (QED) is 0.867.